The highest BCUT2D eigenvalue weighted by Crippen LogP contribution is 2.47. The lowest BCUT2D eigenvalue weighted by Crippen LogP contribution is -2.22. The molecule has 0 unspecified atom stereocenters. The second-order valence-corrected chi connectivity index (χ2v) is 9.69. The van der Waals surface area contributed by atoms with E-state index in [4.69, 9.17) is 14.2 Å². The molecule has 9 heteroatoms. The van der Waals surface area contributed by atoms with Crippen molar-refractivity contribution < 1.29 is 43.6 Å². The fourth-order valence-corrected chi connectivity index (χ4v) is 4.66. The summed E-state index contributed by atoms with van der Waals surface area (Å²) in [5.74, 6) is -6.98. The summed E-state index contributed by atoms with van der Waals surface area (Å²) in [7, 11) is 1.33. The van der Waals surface area contributed by atoms with Crippen LogP contribution in [0.4, 0.5) is 0 Å². The number of carbonyl (C=O) groups is 4. The summed E-state index contributed by atoms with van der Waals surface area (Å²) in [6, 6.07) is 30.0. The molecular formula is C36H26O9. The third-order valence-electron chi connectivity index (χ3n) is 6.87. The molecule has 0 aromatic heterocycles. The molecule has 2 N–H and O–H groups in total. The molecule has 0 aliphatic carbocycles. The standard InChI is InChI=1S/C36H26O9/c1-43-26-20-12-11-19-25(26)31(38)29-27(36(42)44-21-22-13-5-2-6-14-22)28(30(37)23-15-7-3-8-16-23)32(39)33(40)34(29)45-35(41)24-17-9-4-10-18-24/h2-20,39-40H,21H2,1H3. The van der Waals surface area contributed by atoms with E-state index in [9.17, 15) is 29.4 Å². The number of phenols is 2. The fourth-order valence-electron chi connectivity index (χ4n) is 4.66. The Morgan fingerprint density at radius 1 is 0.578 bits per heavy atom. The molecule has 0 aliphatic rings. The van der Waals surface area contributed by atoms with E-state index in [1.54, 1.807) is 72.8 Å². The average molecular weight is 603 g/mol. The van der Waals surface area contributed by atoms with Gasteiger partial charge in [0, 0.05) is 5.56 Å². The number of ketones is 2. The average Bonchev–Trinajstić information content (AvgIpc) is 3.09. The van der Waals surface area contributed by atoms with Gasteiger partial charge in [-0.1, -0.05) is 91.0 Å². The number of rotatable bonds is 10. The van der Waals surface area contributed by atoms with E-state index in [-0.39, 0.29) is 29.0 Å². The SMILES string of the molecule is COc1ccccc1C(=O)c1c(OC(=O)c2ccccc2)c(O)c(O)c(C(=O)c2ccccc2)c1C(=O)OCc1ccccc1. The minimum absolute atomic E-state index is 0.0361. The zero-order valence-electron chi connectivity index (χ0n) is 23.9. The largest absolute Gasteiger partial charge is 0.504 e. The molecule has 5 aromatic rings. The highest BCUT2D eigenvalue weighted by molar-refractivity contribution is 6.24. The van der Waals surface area contributed by atoms with Crippen molar-refractivity contribution in [3.63, 3.8) is 0 Å². The van der Waals surface area contributed by atoms with Crippen LogP contribution in [0.2, 0.25) is 0 Å². The van der Waals surface area contributed by atoms with Crippen LogP contribution in [0.3, 0.4) is 0 Å². The first-order valence-electron chi connectivity index (χ1n) is 13.7. The van der Waals surface area contributed by atoms with Gasteiger partial charge in [0.25, 0.3) is 0 Å². The number of hydrogen-bond donors (Lipinski definition) is 2. The topological polar surface area (TPSA) is 136 Å². The first kappa shape index (κ1) is 30.2. The maximum Gasteiger partial charge on any atom is 0.343 e. The van der Waals surface area contributed by atoms with Crippen LogP contribution >= 0.6 is 0 Å². The lowest BCUT2D eigenvalue weighted by Gasteiger charge is -2.20. The third kappa shape index (κ3) is 6.28. The lowest BCUT2D eigenvalue weighted by atomic mass is 9.88. The predicted octanol–water partition coefficient (Wildman–Crippen LogP) is 6.14. The number of aromatic hydroxyl groups is 2. The molecule has 0 fully saturated rings. The van der Waals surface area contributed by atoms with E-state index in [2.05, 4.69) is 0 Å². The van der Waals surface area contributed by atoms with Gasteiger partial charge in [0.15, 0.2) is 17.3 Å². The molecule has 224 valence electrons. The second-order valence-electron chi connectivity index (χ2n) is 9.69. The van der Waals surface area contributed by atoms with Crippen molar-refractivity contribution in [1.29, 1.82) is 0 Å². The van der Waals surface area contributed by atoms with Gasteiger partial charge in [-0.25, -0.2) is 9.59 Å². The van der Waals surface area contributed by atoms with E-state index < -0.39 is 57.4 Å². The Morgan fingerprint density at radius 2 is 1.13 bits per heavy atom. The first-order valence-corrected chi connectivity index (χ1v) is 13.7. The van der Waals surface area contributed by atoms with E-state index in [1.807, 2.05) is 0 Å². The van der Waals surface area contributed by atoms with E-state index in [0.717, 1.165) is 0 Å². The van der Waals surface area contributed by atoms with Crippen LogP contribution in [0, 0.1) is 0 Å². The molecule has 9 nitrogen and oxygen atoms in total. The summed E-state index contributed by atoms with van der Waals surface area (Å²) in [5.41, 5.74) is -1.51. The van der Waals surface area contributed by atoms with Crippen LogP contribution in [0.25, 0.3) is 0 Å². The van der Waals surface area contributed by atoms with Crippen LogP contribution in [0.1, 0.15) is 58.1 Å². The number of benzene rings is 5. The van der Waals surface area contributed by atoms with Crippen LogP contribution in [0.5, 0.6) is 23.0 Å². The second kappa shape index (κ2) is 13.4. The maximum atomic E-state index is 14.4. The van der Waals surface area contributed by atoms with E-state index in [1.165, 1.54) is 49.6 Å². The molecule has 0 aliphatic heterocycles. The minimum Gasteiger partial charge on any atom is -0.504 e. The third-order valence-corrected chi connectivity index (χ3v) is 6.87. The number of para-hydroxylation sites is 1. The smallest absolute Gasteiger partial charge is 0.343 e. The maximum absolute atomic E-state index is 14.4. The van der Waals surface area contributed by atoms with E-state index in [0.29, 0.717) is 5.56 Å². The zero-order chi connectivity index (χ0) is 31.9. The molecule has 0 radical (unpaired) electrons. The zero-order valence-corrected chi connectivity index (χ0v) is 23.9. The van der Waals surface area contributed by atoms with Crippen molar-refractivity contribution >= 4 is 23.5 Å². The van der Waals surface area contributed by atoms with Crippen molar-refractivity contribution in [2.45, 2.75) is 6.61 Å². The molecule has 0 saturated heterocycles. The summed E-state index contributed by atoms with van der Waals surface area (Å²) >= 11 is 0. The first-order chi connectivity index (χ1) is 21.8. The van der Waals surface area contributed by atoms with Crippen LogP contribution < -0.4 is 9.47 Å². The minimum atomic E-state index is -1.19. The number of carbonyl (C=O) groups excluding carboxylic acids is 4. The Morgan fingerprint density at radius 3 is 1.76 bits per heavy atom. The summed E-state index contributed by atoms with van der Waals surface area (Å²) in [6.45, 7) is -0.262. The van der Waals surface area contributed by atoms with Gasteiger partial charge < -0.3 is 24.4 Å². The summed E-state index contributed by atoms with van der Waals surface area (Å²) < 4.78 is 16.4. The Bertz CT molecular complexity index is 1880. The quantitative estimate of drug-likeness (QED) is 0.0835. The molecule has 0 saturated carbocycles. The molecule has 45 heavy (non-hydrogen) atoms. The lowest BCUT2D eigenvalue weighted by molar-refractivity contribution is 0.0464. The molecule has 0 heterocycles. The van der Waals surface area contributed by atoms with Gasteiger partial charge in [0.05, 0.1) is 34.9 Å². The monoisotopic (exact) mass is 602 g/mol. The van der Waals surface area contributed by atoms with Crippen molar-refractivity contribution in [3.8, 4) is 23.0 Å². The van der Waals surface area contributed by atoms with Crippen molar-refractivity contribution in [3.05, 3.63) is 154 Å². The Labute approximate surface area is 257 Å². The van der Waals surface area contributed by atoms with Gasteiger partial charge in [-0.2, -0.15) is 0 Å². The van der Waals surface area contributed by atoms with Gasteiger partial charge >= 0.3 is 11.9 Å². The highest BCUT2D eigenvalue weighted by atomic mass is 16.5. The van der Waals surface area contributed by atoms with Crippen LogP contribution in [0.15, 0.2) is 115 Å². The van der Waals surface area contributed by atoms with Crippen LogP contribution in [-0.2, 0) is 11.3 Å². The molecule has 5 aromatic carbocycles. The molecule has 0 bridgehead atoms. The molecule has 0 amide bonds. The predicted molar refractivity (Wildman–Crippen MR) is 163 cm³/mol. The summed E-state index contributed by atoms with van der Waals surface area (Å²) in [6.07, 6.45) is 0. The number of phenolic OH excluding ortho intramolecular Hbond substituents is 2. The summed E-state index contributed by atoms with van der Waals surface area (Å²) in [4.78, 5) is 55.4. The molecule has 0 spiro atoms. The Balaban J connectivity index is 1.79. The molecular weight excluding hydrogens is 576 g/mol. The number of esters is 2. The van der Waals surface area contributed by atoms with Gasteiger partial charge in [-0.3, -0.25) is 9.59 Å². The number of hydrogen-bond acceptors (Lipinski definition) is 9. The van der Waals surface area contributed by atoms with Crippen LogP contribution in [-0.4, -0.2) is 40.8 Å². The number of ether oxygens (including phenoxy) is 3. The summed E-state index contributed by atoms with van der Waals surface area (Å²) in [5, 5.41) is 22.6. The Kier molecular flexibility index (Phi) is 9.00. The van der Waals surface area contributed by atoms with Gasteiger partial charge in [-0.05, 0) is 29.8 Å². The highest BCUT2D eigenvalue weighted by Gasteiger charge is 2.38. The molecule has 5 rings (SSSR count). The normalized spacial score (nSPS) is 10.5. The van der Waals surface area contributed by atoms with E-state index >= 15 is 0 Å². The molecule has 0 atom stereocenters. The van der Waals surface area contributed by atoms with Crippen molar-refractivity contribution in [1.82, 2.24) is 0 Å². The van der Waals surface area contributed by atoms with Gasteiger partial charge in [0.1, 0.15) is 12.4 Å². The number of methoxy groups -OCH3 is 1. The van der Waals surface area contributed by atoms with Crippen molar-refractivity contribution in [2.75, 3.05) is 7.11 Å². The van der Waals surface area contributed by atoms with Crippen molar-refractivity contribution in [2.24, 2.45) is 0 Å². The van der Waals surface area contributed by atoms with Gasteiger partial charge in [-0.15, -0.1) is 0 Å². The fraction of sp³-hybridized carbons (Fsp3) is 0.0556. The van der Waals surface area contributed by atoms with Gasteiger partial charge in [0.2, 0.25) is 11.5 Å². The Hall–Kier alpha value is -6.22.